The first-order valence-electron chi connectivity index (χ1n) is 9.14. The maximum Gasteiger partial charge on any atom is 0.270 e. The van der Waals surface area contributed by atoms with Gasteiger partial charge in [0.2, 0.25) is 0 Å². The molecule has 0 radical (unpaired) electrons. The maximum atomic E-state index is 13.2. The highest BCUT2D eigenvalue weighted by molar-refractivity contribution is 7.19. The van der Waals surface area contributed by atoms with Crippen molar-refractivity contribution in [3.8, 4) is 0 Å². The van der Waals surface area contributed by atoms with Gasteiger partial charge in [-0.2, -0.15) is 0 Å². The van der Waals surface area contributed by atoms with Crippen molar-refractivity contribution in [3.05, 3.63) is 57.6 Å². The molecule has 4 rings (SSSR count). The molecule has 1 amide bonds. The number of amides is 1. The van der Waals surface area contributed by atoms with E-state index in [4.69, 9.17) is 11.6 Å². The second-order valence-corrected chi connectivity index (χ2v) is 9.05. The van der Waals surface area contributed by atoms with Gasteiger partial charge in [0.15, 0.2) is 0 Å². The van der Waals surface area contributed by atoms with Crippen LogP contribution in [0.5, 0.6) is 0 Å². The van der Waals surface area contributed by atoms with Crippen molar-refractivity contribution in [1.82, 2.24) is 9.47 Å². The molecule has 0 spiro atoms. The van der Waals surface area contributed by atoms with Crippen molar-refractivity contribution < 1.29 is 4.79 Å². The Labute approximate surface area is 163 Å². The number of thiophene rings is 1. The smallest absolute Gasteiger partial charge is 0.270 e. The van der Waals surface area contributed by atoms with Crippen LogP contribution in [0.25, 0.3) is 10.2 Å². The van der Waals surface area contributed by atoms with Gasteiger partial charge in [-0.3, -0.25) is 4.79 Å². The highest BCUT2D eigenvalue weighted by atomic mass is 35.5. The van der Waals surface area contributed by atoms with E-state index >= 15 is 0 Å². The molecule has 136 valence electrons. The molecular weight excluding hydrogens is 364 g/mol. The van der Waals surface area contributed by atoms with Crippen LogP contribution >= 0.6 is 22.9 Å². The van der Waals surface area contributed by atoms with Gasteiger partial charge in [0.1, 0.15) is 5.69 Å². The fraction of sp³-hybridized carbons (Fsp3) is 0.381. The van der Waals surface area contributed by atoms with E-state index in [1.165, 1.54) is 9.58 Å². The second kappa shape index (κ2) is 7.09. The van der Waals surface area contributed by atoms with E-state index in [2.05, 4.69) is 36.6 Å². The highest BCUT2D eigenvalue weighted by Crippen LogP contribution is 2.31. The van der Waals surface area contributed by atoms with Crippen molar-refractivity contribution >= 4 is 39.1 Å². The molecule has 1 aromatic carbocycles. The number of aryl methyl sites for hydroxylation is 1. The molecule has 0 saturated carbocycles. The third kappa shape index (κ3) is 3.40. The molecule has 2 aromatic heterocycles. The Morgan fingerprint density at radius 1 is 1.23 bits per heavy atom. The van der Waals surface area contributed by atoms with Crippen molar-refractivity contribution in [2.75, 3.05) is 13.1 Å². The summed E-state index contributed by atoms with van der Waals surface area (Å²) in [5, 5.41) is 0.727. The first-order valence-corrected chi connectivity index (χ1v) is 10.3. The summed E-state index contributed by atoms with van der Waals surface area (Å²) in [6.07, 6.45) is 2.18. The van der Waals surface area contributed by atoms with Crippen LogP contribution in [0, 0.1) is 12.8 Å². The first kappa shape index (κ1) is 17.6. The summed E-state index contributed by atoms with van der Waals surface area (Å²) in [6, 6.07) is 12.1. The summed E-state index contributed by atoms with van der Waals surface area (Å²) < 4.78 is 3.34. The Morgan fingerprint density at radius 3 is 2.73 bits per heavy atom. The number of carbonyl (C=O) groups is 1. The van der Waals surface area contributed by atoms with Gasteiger partial charge in [-0.15, -0.1) is 11.3 Å². The van der Waals surface area contributed by atoms with Gasteiger partial charge in [-0.1, -0.05) is 30.7 Å². The highest BCUT2D eigenvalue weighted by Gasteiger charge is 2.25. The van der Waals surface area contributed by atoms with E-state index in [-0.39, 0.29) is 5.91 Å². The monoisotopic (exact) mass is 386 g/mol. The lowest BCUT2D eigenvalue weighted by molar-refractivity contribution is 0.0687. The molecule has 1 aliphatic rings. The van der Waals surface area contributed by atoms with Crippen molar-refractivity contribution in [1.29, 1.82) is 0 Å². The van der Waals surface area contributed by atoms with E-state index in [9.17, 15) is 4.79 Å². The minimum Gasteiger partial charge on any atom is -0.337 e. The van der Waals surface area contributed by atoms with Gasteiger partial charge in [0.05, 0.1) is 10.2 Å². The zero-order valence-electron chi connectivity index (χ0n) is 15.2. The van der Waals surface area contributed by atoms with E-state index < -0.39 is 0 Å². The summed E-state index contributed by atoms with van der Waals surface area (Å²) in [4.78, 5) is 16.5. The molecule has 3 aromatic rings. The number of likely N-dealkylation sites (tertiary alicyclic amines) is 1. The predicted octanol–water partition coefficient (Wildman–Crippen LogP) is 5.59. The molecule has 0 atom stereocenters. The number of carbonyl (C=O) groups excluding carboxylic acids is 1. The van der Waals surface area contributed by atoms with Gasteiger partial charge in [-0.05, 0) is 55.5 Å². The van der Waals surface area contributed by atoms with Gasteiger partial charge in [-0.25, -0.2) is 0 Å². The minimum atomic E-state index is 0.153. The van der Waals surface area contributed by atoms with E-state index in [0.717, 1.165) is 47.7 Å². The van der Waals surface area contributed by atoms with Crippen molar-refractivity contribution in [2.45, 2.75) is 33.2 Å². The van der Waals surface area contributed by atoms with Crippen LogP contribution in [0.15, 0.2) is 36.4 Å². The van der Waals surface area contributed by atoms with Crippen LogP contribution in [0.4, 0.5) is 0 Å². The molecule has 0 N–H and O–H groups in total. The second-order valence-electron chi connectivity index (χ2n) is 7.33. The maximum absolute atomic E-state index is 13.2. The quantitative estimate of drug-likeness (QED) is 0.576. The standard InChI is InChI=1S/C21H23ClN2OS/c1-14-6-8-23(9-7-14)21(25)19-12-20-18(10-15(2)26-20)24(19)13-16-4-3-5-17(22)11-16/h3-5,10-12,14H,6-9,13H2,1-2H3. The lowest BCUT2D eigenvalue weighted by Crippen LogP contribution is -2.38. The van der Waals surface area contributed by atoms with E-state index in [0.29, 0.717) is 12.5 Å². The topological polar surface area (TPSA) is 25.2 Å². The molecular formula is C21H23ClN2OS. The number of aromatic nitrogens is 1. The molecule has 1 fully saturated rings. The zero-order valence-corrected chi connectivity index (χ0v) is 16.7. The molecule has 0 unspecified atom stereocenters. The summed E-state index contributed by atoms with van der Waals surface area (Å²) in [5.41, 5.74) is 3.04. The summed E-state index contributed by atoms with van der Waals surface area (Å²) in [5.74, 6) is 0.864. The van der Waals surface area contributed by atoms with Crippen LogP contribution in [-0.2, 0) is 6.54 Å². The van der Waals surface area contributed by atoms with Crippen LogP contribution in [0.1, 0.15) is 40.7 Å². The molecule has 3 heterocycles. The van der Waals surface area contributed by atoms with E-state index in [1.54, 1.807) is 11.3 Å². The number of nitrogens with zero attached hydrogens (tertiary/aromatic N) is 2. The predicted molar refractivity (Wildman–Crippen MR) is 109 cm³/mol. The van der Waals surface area contributed by atoms with Crippen molar-refractivity contribution in [3.63, 3.8) is 0 Å². The summed E-state index contributed by atoms with van der Waals surface area (Å²) in [7, 11) is 0. The largest absolute Gasteiger partial charge is 0.337 e. The summed E-state index contributed by atoms with van der Waals surface area (Å²) >= 11 is 7.91. The minimum absolute atomic E-state index is 0.153. The van der Waals surface area contributed by atoms with Gasteiger partial charge in [0, 0.05) is 29.5 Å². The third-order valence-electron chi connectivity index (χ3n) is 5.23. The normalized spacial score (nSPS) is 15.7. The van der Waals surface area contributed by atoms with E-state index in [1.807, 2.05) is 23.1 Å². The Bertz CT molecular complexity index is 950. The molecule has 26 heavy (non-hydrogen) atoms. The van der Waals surface area contributed by atoms with Crippen LogP contribution in [0.2, 0.25) is 5.02 Å². The van der Waals surface area contributed by atoms with Gasteiger partial charge < -0.3 is 9.47 Å². The van der Waals surface area contributed by atoms with Crippen LogP contribution in [0.3, 0.4) is 0 Å². The first-order chi connectivity index (χ1) is 12.5. The van der Waals surface area contributed by atoms with Crippen molar-refractivity contribution in [2.24, 2.45) is 5.92 Å². The Balaban J connectivity index is 1.72. The number of halogens is 1. The lowest BCUT2D eigenvalue weighted by atomic mass is 9.99. The number of hydrogen-bond acceptors (Lipinski definition) is 2. The number of hydrogen-bond donors (Lipinski definition) is 0. The van der Waals surface area contributed by atoms with Crippen LogP contribution in [-0.4, -0.2) is 28.5 Å². The van der Waals surface area contributed by atoms with Gasteiger partial charge in [0.25, 0.3) is 5.91 Å². The molecule has 3 nitrogen and oxygen atoms in total. The number of piperidine rings is 1. The van der Waals surface area contributed by atoms with Crippen LogP contribution < -0.4 is 0 Å². The molecule has 0 bridgehead atoms. The third-order valence-corrected chi connectivity index (χ3v) is 6.45. The fourth-order valence-corrected chi connectivity index (χ4v) is 4.88. The Hall–Kier alpha value is -1.78. The number of fused-ring (bicyclic) bond motifs is 1. The lowest BCUT2D eigenvalue weighted by Gasteiger charge is -2.30. The number of rotatable bonds is 3. The summed E-state index contributed by atoms with van der Waals surface area (Å²) in [6.45, 7) is 6.75. The Kier molecular flexibility index (Phi) is 4.80. The average molecular weight is 387 g/mol. The molecule has 1 aliphatic heterocycles. The number of benzene rings is 1. The SMILES string of the molecule is Cc1cc2c(cc(C(=O)N3CCC(C)CC3)n2Cc2cccc(Cl)c2)s1. The molecule has 1 saturated heterocycles. The Morgan fingerprint density at radius 2 is 2.00 bits per heavy atom. The van der Waals surface area contributed by atoms with Gasteiger partial charge >= 0.3 is 0 Å². The average Bonchev–Trinajstić information content (AvgIpc) is 3.12. The fourth-order valence-electron chi connectivity index (χ4n) is 3.70. The molecule has 5 heteroatoms. The molecule has 0 aliphatic carbocycles. The zero-order chi connectivity index (χ0) is 18.3.